The second-order valence-corrected chi connectivity index (χ2v) is 9.39. The van der Waals surface area contributed by atoms with E-state index < -0.39 is 0 Å². The molecule has 2 aliphatic rings. The monoisotopic (exact) mass is 420 g/mol. The van der Waals surface area contributed by atoms with Crippen LogP contribution >= 0.6 is 23.1 Å². The summed E-state index contributed by atoms with van der Waals surface area (Å²) >= 11 is 3.09. The van der Waals surface area contributed by atoms with Gasteiger partial charge in [0.1, 0.15) is 14.2 Å². The van der Waals surface area contributed by atoms with Crippen LogP contribution in [0.25, 0.3) is 10.6 Å². The van der Waals surface area contributed by atoms with Crippen molar-refractivity contribution < 1.29 is 4.79 Å². The second-order valence-electron chi connectivity index (χ2n) is 7.36. The van der Waals surface area contributed by atoms with Crippen molar-refractivity contribution in [1.29, 1.82) is 0 Å². The Bertz CT molecular complexity index is 1360. The van der Waals surface area contributed by atoms with Crippen molar-refractivity contribution in [2.75, 3.05) is 11.9 Å². The zero-order chi connectivity index (χ0) is 20.3. The Balaban J connectivity index is 1.76. The number of thiazole rings is 1. The topological polar surface area (TPSA) is 42.3 Å². The van der Waals surface area contributed by atoms with E-state index in [0.29, 0.717) is 17.5 Å². The van der Waals surface area contributed by atoms with Gasteiger partial charge in [-0.15, -0.1) is 11.3 Å². The van der Waals surface area contributed by atoms with Gasteiger partial charge < -0.3 is 4.90 Å². The first kappa shape index (κ1) is 18.5. The van der Waals surface area contributed by atoms with Gasteiger partial charge in [-0.25, -0.2) is 0 Å². The maximum Gasteiger partial charge on any atom is 0.271 e. The molecule has 0 saturated heterocycles. The van der Waals surface area contributed by atoms with E-state index in [-0.39, 0.29) is 11.3 Å². The van der Waals surface area contributed by atoms with Gasteiger partial charge in [-0.2, -0.15) is 0 Å². The predicted octanol–water partition coefficient (Wildman–Crippen LogP) is 3.14. The molecule has 3 aromatic rings. The van der Waals surface area contributed by atoms with E-state index in [0.717, 1.165) is 37.0 Å². The van der Waals surface area contributed by atoms with Crippen LogP contribution in [0.1, 0.15) is 28.4 Å². The van der Waals surface area contributed by atoms with E-state index in [4.69, 9.17) is 0 Å². The quantitative estimate of drug-likeness (QED) is 0.607. The summed E-state index contributed by atoms with van der Waals surface area (Å²) < 4.78 is 3.26. The van der Waals surface area contributed by atoms with Gasteiger partial charge >= 0.3 is 0 Å². The number of aromatic nitrogens is 1. The van der Waals surface area contributed by atoms with Crippen LogP contribution in [-0.2, 0) is 13.0 Å². The molecular formula is C23H20N2O2S2. The molecule has 1 aliphatic carbocycles. The van der Waals surface area contributed by atoms with Crippen LogP contribution in [0.4, 0.5) is 5.69 Å². The van der Waals surface area contributed by atoms with Gasteiger partial charge in [0, 0.05) is 36.0 Å². The predicted molar refractivity (Wildman–Crippen MR) is 120 cm³/mol. The van der Waals surface area contributed by atoms with Crippen LogP contribution < -0.4 is 19.7 Å². The Labute approximate surface area is 176 Å². The van der Waals surface area contributed by atoms with E-state index >= 15 is 0 Å². The average molecular weight is 421 g/mol. The van der Waals surface area contributed by atoms with Crippen molar-refractivity contribution in [3.63, 3.8) is 0 Å². The lowest BCUT2D eigenvalue weighted by molar-refractivity contribution is 0.105. The minimum atomic E-state index is -0.0114. The fourth-order valence-corrected chi connectivity index (χ4v) is 6.67. The smallest absolute Gasteiger partial charge is 0.271 e. The van der Waals surface area contributed by atoms with Gasteiger partial charge in [0.05, 0.1) is 5.69 Å². The van der Waals surface area contributed by atoms with E-state index in [1.165, 1.54) is 16.9 Å². The van der Waals surface area contributed by atoms with E-state index in [9.17, 15) is 9.59 Å². The molecule has 0 spiro atoms. The molecular weight excluding hydrogens is 400 g/mol. The minimum absolute atomic E-state index is 0.0114. The largest absolute Gasteiger partial charge is 0.337 e. The highest BCUT2D eigenvalue weighted by molar-refractivity contribution is 8.08. The molecule has 146 valence electrons. The van der Waals surface area contributed by atoms with Crippen LogP contribution in [0.3, 0.4) is 0 Å². The minimum Gasteiger partial charge on any atom is -0.337 e. The Hall–Kier alpha value is -2.57. The highest BCUT2D eigenvalue weighted by atomic mass is 32.2. The van der Waals surface area contributed by atoms with E-state index in [2.05, 4.69) is 30.0 Å². The summed E-state index contributed by atoms with van der Waals surface area (Å²) in [6, 6.07) is 14.1. The molecule has 0 fully saturated rings. The summed E-state index contributed by atoms with van der Waals surface area (Å²) in [5.74, 6) is 0.0481. The number of hydrogen-bond acceptors (Lipinski definition) is 5. The van der Waals surface area contributed by atoms with Gasteiger partial charge in [-0.3, -0.25) is 14.2 Å². The summed E-state index contributed by atoms with van der Waals surface area (Å²) in [6.07, 6.45) is 0.589. The third-order valence-corrected chi connectivity index (χ3v) is 8.12. The lowest BCUT2D eigenvalue weighted by Gasteiger charge is -2.12. The van der Waals surface area contributed by atoms with Crippen molar-refractivity contribution in [3.8, 4) is 0 Å². The fourth-order valence-electron chi connectivity index (χ4n) is 4.02. The SMILES string of the molecule is CCn1c(=O)/c(=C2\Sc3cc(C)ccc3N2C)s/c1=C1/Cc2ccccc2C1=O. The number of aryl methyl sites for hydroxylation is 1. The molecule has 5 rings (SSSR count). The molecule has 2 heterocycles. The summed E-state index contributed by atoms with van der Waals surface area (Å²) in [7, 11) is 2.00. The zero-order valence-corrected chi connectivity index (χ0v) is 18.1. The van der Waals surface area contributed by atoms with Crippen LogP contribution in [0.2, 0.25) is 0 Å². The Morgan fingerprint density at radius 3 is 2.66 bits per heavy atom. The van der Waals surface area contributed by atoms with Crippen LogP contribution in [0.5, 0.6) is 0 Å². The number of rotatable bonds is 1. The molecule has 0 radical (unpaired) electrons. The highest BCUT2D eigenvalue weighted by Gasteiger charge is 2.28. The molecule has 4 nitrogen and oxygen atoms in total. The molecule has 2 aromatic carbocycles. The third kappa shape index (κ3) is 2.74. The first-order valence-electron chi connectivity index (χ1n) is 9.61. The van der Waals surface area contributed by atoms with E-state index in [1.54, 1.807) is 16.3 Å². The normalized spacial score (nSPS) is 19.0. The summed E-state index contributed by atoms with van der Waals surface area (Å²) in [4.78, 5) is 29.6. The molecule has 1 aromatic heterocycles. The molecule has 0 amide bonds. The number of Topliss-reactive ketones (excluding diaryl/α,β-unsaturated/α-hetero) is 1. The van der Waals surface area contributed by atoms with Crippen molar-refractivity contribution in [3.05, 3.63) is 78.7 Å². The summed E-state index contributed by atoms with van der Waals surface area (Å²) in [5.41, 5.74) is 4.85. The highest BCUT2D eigenvalue weighted by Crippen LogP contribution is 2.45. The Morgan fingerprint density at radius 1 is 1.10 bits per heavy atom. The molecule has 0 saturated carbocycles. The van der Waals surface area contributed by atoms with Crippen LogP contribution in [0, 0.1) is 6.92 Å². The Kier molecular flexibility index (Phi) is 4.29. The lowest BCUT2D eigenvalue weighted by atomic mass is 10.1. The van der Waals surface area contributed by atoms with Crippen molar-refractivity contribution in [1.82, 2.24) is 4.57 Å². The molecule has 0 atom stereocenters. The number of thioether (sulfide) groups is 1. The second kappa shape index (κ2) is 6.75. The lowest BCUT2D eigenvalue weighted by Crippen LogP contribution is -2.34. The average Bonchev–Trinajstić information content (AvgIpc) is 3.33. The van der Waals surface area contributed by atoms with Crippen molar-refractivity contribution in [2.24, 2.45) is 0 Å². The number of nitrogens with zero attached hydrogens (tertiary/aromatic N) is 2. The number of hydrogen-bond donors (Lipinski definition) is 0. The summed E-state index contributed by atoms with van der Waals surface area (Å²) in [5, 5.41) is 0.942. The van der Waals surface area contributed by atoms with Crippen LogP contribution in [0.15, 0.2) is 52.2 Å². The molecule has 1 aliphatic heterocycles. The van der Waals surface area contributed by atoms with Gasteiger partial charge in [0.25, 0.3) is 5.56 Å². The van der Waals surface area contributed by atoms with Crippen molar-refractivity contribution in [2.45, 2.75) is 31.7 Å². The van der Waals surface area contributed by atoms with Crippen molar-refractivity contribution >= 4 is 45.2 Å². The first-order valence-corrected chi connectivity index (χ1v) is 11.2. The number of carbonyl (C=O) groups excluding carboxylic acids is 1. The van der Waals surface area contributed by atoms with Gasteiger partial charge in [0.2, 0.25) is 0 Å². The number of anilines is 1. The van der Waals surface area contributed by atoms with Gasteiger partial charge in [-0.05, 0) is 37.1 Å². The first-order chi connectivity index (χ1) is 14.0. The number of fused-ring (bicyclic) bond motifs is 2. The molecule has 29 heavy (non-hydrogen) atoms. The molecule has 6 heteroatoms. The Morgan fingerprint density at radius 2 is 1.90 bits per heavy atom. The summed E-state index contributed by atoms with van der Waals surface area (Å²) in [6.45, 7) is 4.58. The van der Waals surface area contributed by atoms with Gasteiger partial charge in [-0.1, -0.05) is 42.1 Å². The molecule has 0 N–H and O–H groups in total. The van der Waals surface area contributed by atoms with E-state index in [1.807, 2.05) is 38.2 Å². The molecule has 0 bridgehead atoms. The standard InChI is InChI=1S/C23H20N2O2S2/c1-4-25-21(27)20(23-24(3)17-10-9-13(2)11-18(17)28-23)29-22(25)16-12-14-7-5-6-8-15(14)19(16)26/h5-11H,4,12H2,1-3H3/b22-16-,23-20+. The van der Waals surface area contributed by atoms with Gasteiger partial charge in [0.15, 0.2) is 5.78 Å². The maximum atomic E-state index is 13.3. The number of ketones is 1. The fraction of sp³-hybridized carbons (Fsp3) is 0.217. The maximum absolute atomic E-state index is 13.3. The number of benzene rings is 2. The van der Waals surface area contributed by atoms with Crippen LogP contribution in [-0.4, -0.2) is 17.4 Å². The number of carbonyl (C=O) groups is 1. The molecule has 0 unspecified atom stereocenters. The third-order valence-electron chi connectivity index (χ3n) is 5.54. The zero-order valence-electron chi connectivity index (χ0n) is 16.5.